The van der Waals surface area contributed by atoms with E-state index >= 15 is 0 Å². The van der Waals surface area contributed by atoms with Gasteiger partial charge in [-0.2, -0.15) is 4.98 Å². The summed E-state index contributed by atoms with van der Waals surface area (Å²) in [5.41, 5.74) is 0. The highest BCUT2D eigenvalue weighted by molar-refractivity contribution is 5.37. The Bertz CT molecular complexity index is 408. The summed E-state index contributed by atoms with van der Waals surface area (Å²) in [6.45, 7) is 7.41. The highest BCUT2D eigenvalue weighted by atomic mass is 16.5. The number of anilines is 1. The first kappa shape index (κ1) is 16.0. The van der Waals surface area contributed by atoms with Crippen LogP contribution in [-0.4, -0.2) is 56.5 Å². The van der Waals surface area contributed by atoms with Gasteiger partial charge in [-0.25, -0.2) is 0 Å². The molecule has 0 saturated carbocycles. The number of nitrogens with zero attached hydrogens (tertiary/aromatic N) is 3. The van der Waals surface area contributed by atoms with Crippen LogP contribution in [0.3, 0.4) is 0 Å². The molecule has 0 atom stereocenters. The molecule has 1 aromatic rings. The molecule has 0 aliphatic carbocycles. The van der Waals surface area contributed by atoms with Crippen LogP contribution in [0.1, 0.15) is 19.8 Å². The lowest BCUT2D eigenvalue weighted by atomic mass is 9.97. The summed E-state index contributed by atoms with van der Waals surface area (Å²) in [6, 6.07) is 0. The van der Waals surface area contributed by atoms with Crippen molar-refractivity contribution in [1.82, 2.24) is 15.3 Å². The maximum Gasteiger partial charge on any atom is 0.234 e. The molecule has 2 rings (SSSR count). The fourth-order valence-electron chi connectivity index (χ4n) is 2.55. The lowest BCUT2D eigenvalue weighted by molar-refractivity contribution is 0.196. The largest absolute Gasteiger partial charge is 0.477 e. The standard InChI is InChI=1S/C15H26N4O2/c1-3-21-15-12-17-11-14(18-15)19-7-4-13(5-8-19)10-16-6-9-20-2/h11-13,16H,3-10H2,1-2H3. The zero-order valence-corrected chi connectivity index (χ0v) is 13.0. The predicted octanol–water partition coefficient (Wildman–Crippen LogP) is 1.33. The molecule has 0 amide bonds. The minimum absolute atomic E-state index is 0.610. The average molecular weight is 294 g/mol. The van der Waals surface area contributed by atoms with Gasteiger partial charge in [0.1, 0.15) is 0 Å². The molecule has 118 valence electrons. The maximum absolute atomic E-state index is 5.41. The molecule has 0 bridgehead atoms. The lowest BCUT2D eigenvalue weighted by Gasteiger charge is -2.32. The quantitative estimate of drug-likeness (QED) is 0.730. The number of hydrogen-bond acceptors (Lipinski definition) is 6. The molecule has 0 unspecified atom stereocenters. The predicted molar refractivity (Wildman–Crippen MR) is 82.9 cm³/mol. The van der Waals surface area contributed by atoms with Crippen molar-refractivity contribution in [3.8, 4) is 5.88 Å². The van der Waals surface area contributed by atoms with E-state index in [-0.39, 0.29) is 0 Å². The second-order valence-corrected chi connectivity index (χ2v) is 5.28. The summed E-state index contributed by atoms with van der Waals surface area (Å²) in [7, 11) is 1.73. The van der Waals surface area contributed by atoms with Crippen molar-refractivity contribution in [3.63, 3.8) is 0 Å². The molecule has 1 aromatic heterocycles. The van der Waals surface area contributed by atoms with Gasteiger partial charge in [0.25, 0.3) is 0 Å². The van der Waals surface area contributed by atoms with E-state index in [1.165, 1.54) is 12.8 Å². The smallest absolute Gasteiger partial charge is 0.234 e. The van der Waals surface area contributed by atoms with Crippen molar-refractivity contribution < 1.29 is 9.47 Å². The van der Waals surface area contributed by atoms with Crippen LogP contribution in [0, 0.1) is 5.92 Å². The first-order valence-corrected chi connectivity index (χ1v) is 7.73. The molecular weight excluding hydrogens is 268 g/mol. The molecule has 1 N–H and O–H groups in total. The normalized spacial score (nSPS) is 16.2. The van der Waals surface area contributed by atoms with Crippen molar-refractivity contribution in [1.29, 1.82) is 0 Å². The van der Waals surface area contributed by atoms with Crippen LogP contribution in [0.2, 0.25) is 0 Å². The summed E-state index contributed by atoms with van der Waals surface area (Å²) in [5, 5.41) is 3.44. The van der Waals surface area contributed by atoms with Crippen LogP contribution in [0.4, 0.5) is 5.82 Å². The first-order chi connectivity index (χ1) is 10.3. The van der Waals surface area contributed by atoms with Crippen molar-refractivity contribution in [2.24, 2.45) is 5.92 Å². The minimum Gasteiger partial charge on any atom is -0.477 e. The van der Waals surface area contributed by atoms with Crippen LogP contribution in [-0.2, 0) is 4.74 Å². The second kappa shape index (κ2) is 8.79. The third kappa shape index (κ3) is 5.13. The van der Waals surface area contributed by atoms with E-state index < -0.39 is 0 Å². The van der Waals surface area contributed by atoms with Crippen LogP contribution < -0.4 is 15.0 Å². The summed E-state index contributed by atoms with van der Waals surface area (Å²) in [6.07, 6.45) is 5.85. The van der Waals surface area contributed by atoms with Gasteiger partial charge in [-0.1, -0.05) is 0 Å². The van der Waals surface area contributed by atoms with E-state index in [9.17, 15) is 0 Å². The Kier molecular flexibility index (Phi) is 6.69. The molecule has 1 aliphatic heterocycles. The van der Waals surface area contributed by atoms with E-state index in [0.29, 0.717) is 12.5 Å². The Hall–Kier alpha value is -1.40. The van der Waals surface area contributed by atoms with Crippen molar-refractivity contribution >= 4 is 5.82 Å². The second-order valence-electron chi connectivity index (χ2n) is 5.28. The fourth-order valence-corrected chi connectivity index (χ4v) is 2.55. The highest BCUT2D eigenvalue weighted by Gasteiger charge is 2.20. The zero-order chi connectivity index (χ0) is 14.9. The number of rotatable bonds is 8. The summed E-state index contributed by atoms with van der Waals surface area (Å²) in [4.78, 5) is 11.0. The van der Waals surface area contributed by atoms with Crippen molar-refractivity contribution in [3.05, 3.63) is 12.4 Å². The van der Waals surface area contributed by atoms with Gasteiger partial charge in [-0.05, 0) is 32.2 Å². The molecule has 0 spiro atoms. The van der Waals surface area contributed by atoms with Gasteiger partial charge in [-0.15, -0.1) is 0 Å². The van der Waals surface area contributed by atoms with Gasteiger partial charge >= 0.3 is 0 Å². The van der Waals surface area contributed by atoms with Gasteiger partial charge in [0.15, 0.2) is 5.82 Å². The number of aromatic nitrogens is 2. The van der Waals surface area contributed by atoms with E-state index in [0.717, 1.165) is 44.5 Å². The Morgan fingerprint density at radius 1 is 1.33 bits per heavy atom. The molecule has 6 nitrogen and oxygen atoms in total. The van der Waals surface area contributed by atoms with Gasteiger partial charge in [-0.3, -0.25) is 4.98 Å². The average Bonchev–Trinajstić information content (AvgIpc) is 2.53. The monoisotopic (exact) mass is 294 g/mol. The Labute approximate surface area is 126 Å². The van der Waals surface area contributed by atoms with Crippen LogP contribution in [0.15, 0.2) is 12.4 Å². The zero-order valence-electron chi connectivity index (χ0n) is 13.0. The molecule has 2 heterocycles. The molecule has 0 radical (unpaired) electrons. The molecule has 6 heteroatoms. The Morgan fingerprint density at radius 3 is 2.86 bits per heavy atom. The van der Waals surface area contributed by atoms with E-state index in [1.54, 1.807) is 13.3 Å². The van der Waals surface area contributed by atoms with E-state index in [1.807, 2.05) is 13.1 Å². The first-order valence-electron chi connectivity index (χ1n) is 7.73. The number of nitrogens with one attached hydrogen (secondary N) is 1. The molecule has 1 saturated heterocycles. The van der Waals surface area contributed by atoms with Gasteiger partial charge < -0.3 is 19.7 Å². The van der Waals surface area contributed by atoms with Crippen molar-refractivity contribution in [2.45, 2.75) is 19.8 Å². The van der Waals surface area contributed by atoms with Crippen LogP contribution >= 0.6 is 0 Å². The number of methoxy groups -OCH3 is 1. The minimum atomic E-state index is 0.610. The summed E-state index contributed by atoms with van der Waals surface area (Å²) in [5.74, 6) is 2.27. The summed E-state index contributed by atoms with van der Waals surface area (Å²) >= 11 is 0. The highest BCUT2D eigenvalue weighted by Crippen LogP contribution is 2.22. The molecule has 1 aliphatic rings. The maximum atomic E-state index is 5.41. The molecule has 21 heavy (non-hydrogen) atoms. The number of hydrogen-bond donors (Lipinski definition) is 1. The lowest BCUT2D eigenvalue weighted by Crippen LogP contribution is -2.38. The van der Waals surface area contributed by atoms with Crippen LogP contribution in [0.5, 0.6) is 5.88 Å². The van der Waals surface area contributed by atoms with E-state index in [4.69, 9.17) is 9.47 Å². The summed E-state index contributed by atoms with van der Waals surface area (Å²) < 4.78 is 10.5. The molecule has 0 aromatic carbocycles. The van der Waals surface area contributed by atoms with Crippen LogP contribution in [0.25, 0.3) is 0 Å². The van der Waals surface area contributed by atoms with Crippen molar-refractivity contribution in [2.75, 3.05) is 51.4 Å². The fraction of sp³-hybridized carbons (Fsp3) is 0.733. The Balaban J connectivity index is 1.76. The number of piperidine rings is 1. The molecule has 1 fully saturated rings. The third-order valence-corrected chi connectivity index (χ3v) is 3.75. The van der Waals surface area contributed by atoms with E-state index in [2.05, 4.69) is 20.2 Å². The third-order valence-electron chi connectivity index (χ3n) is 3.75. The molecular formula is C15H26N4O2. The number of ether oxygens (including phenoxy) is 2. The van der Waals surface area contributed by atoms with Gasteiger partial charge in [0.05, 0.1) is 25.6 Å². The van der Waals surface area contributed by atoms with Gasteiger partial charge in [0, 0.05) is 26.7 Å². The SMILES string of the molecule is CCOc1cncc(N2CCC(CNCCOC)CC2)n1. The van der Waals surface area contributed by atoms with Gasteiger partial charge in [0.2, 0.25) is 5.88 Å². The topological polar surface area (TPSA) is 59.5 Å². The Morgan fingerprint density at radius 2 is 2.14 bits per heavy atom.